The van der Waals surface area contributed by atoms with Crippen LogP contribution in [0.15, 0.2) is 42.5 Å². The van der Waals surface area contributed by atoms with Gasteiger partial charge in [0.1, 0.15) is 5.75 Å². The second-order valence-electron chi connectivity index (χ2n) is 4.73. The van der Waals surface area contributed by atoms with Crippen molar-refractivity contribution in [3.8, 4) is 5.75 Å². The van der Waals surface area contributed by atoms with Crippen LogP contribution in [0.4, 0.5) is 18.9 Å². The first kappa shape index (κ1) is 16.7. The van der Waals surface area contributed by atoms with Crippen molar-refractivity contribution in [2.24, 2.45) is 0 Å². The van der Waals surface area contributed by atoms with Crippen LogP contribution in [0.25, 0.3) is 0 Å². The van der Waals surface area contributed by atoms with E-state index in [0.29, 0.717) is 11.4 Å². The summed E-state index contributed by atoms with van der Waals surface area (Å²) in [5, 5.41) is 11.8. The minimum Gasteiger partial charge on any atom is -0.495 e. The lowest BCUT2D eigenvalue weighted by Gasteiger charge is -2.15. The van der Waals surface area contributed by atoms with E-state index in [4.69, 9.17) is 9.84 Å². The number of hydrogen-bond acceptors (Lipinski definition) is 3. The third-order valence-corrected chi connectivity index (χ3v) is 3.24. The number of carboxylic acid groups (broad SMARTS) is 1. The largest absolute Gasteiger partial charge is 0.495 e. The minimum absolute atomic E-state index is 0.0115. The molecule has 0 fully saturated rings. The van der Waals surface area contributed by atoms with Gasteiger partial charge in [0.2, 0.25) is 0 Å². The van der Waals surface area contributed by atoms with Gasteiger partial charge in [0, 0.05) is 6.54 Å². The van der Waals surface area contributed by atoms with E-state index in [9.17, 15) is 18.0 Å². The molecule has 0 amide bonds. The number of carbonyl (C=O) groups is 1. The monoisotopic (exact) mass is 325 g/mol. The number of alkyl halides is 3. The molecule has 122 valence electrons. The number of methoxy groups -OCH3 is 1. The van der Waals surface area contributed by atoms with Gasteiger partial charge in [-0.1, -0.05) is 18.2 Å². The molecule has 0 aromatic heterocycles. The SMILES string of the molecule is COc1ccc(C(=O)O)cc1NCc1ccccc1C(F)(F)F. The number of rotatable bonds is 5. The quantitative estimate of drug-likeness (QED) is 0.871. The van der Waals surface area contributed by atoms with Crippen LogP contribution >= 0.6 is 0 Å². The fraction of sp³-hybridized carbons (Fsp3) is 0.188. The van der Waals surface area contributed by atoms with Crippen LogP contribution in [-0.2, 0) is 12.7 Å². The molecule has 2 aromatic rings. The summed E-state index contributed by atoms with van der Waals surface area (Å²) >= 11 is 0. The van der Waals surface area contributed by atoms with Crippen molar-refractivity contribution in [2.45, 2.75) is 12.7 Å². The van der Waals surface area contributed by atoms with Crippen molar-refractivity contribution < 1.29 is 27.8 Å². The van der Waals surface area contributed by atoms with Gasteiger partial charge >= 0.3 is 12.1 Å². The molecule has 0 aliphatic heterocycles. The lowest BCUT2D eigenvalue weighted by atomic mass is 10.1. The van der Waals surface area contributed by atoms with Gasteiger partial charge in [0.25, 0.3) is 0 Å². The predicted molar refractivity (Wildman–Crippen MR) is 78.7 cm³/mol. The minimum atomic E-state index is -4.45. The first-order valence-electron chi connectivity index (χ1n) is 6.63. The number of halogens is 3. The van der Waals surface area contributed by atoms with Gasteiger partial charge in [-0.3, -0.25) is 0 Å². The summed E-state index contributed by atoms with van der Waals surface area (Å²) in [6, 6.07) is 9.31. The molecule has 2 aromatic carbocycles. The van der Waals surface area contributed by atoms with Crippen LogP contribution in [0.2, 0.25) is 0 Å². The molecule has 2 N–H and O–H groups in total. The van der Waals surface area contributed by atoms with Gasteiger partial charge in [-0.15, -0.1) is 0 Å². The molecule has 2 rings (SSSR count). The summed E-state index contributed by atoms with van der Waals surface area (Å²) in [5.41, 5.74) is -0.356. The number of hydrogen-bond donors (Lipinski definition) is 2. The maximum absolute atomic E-state index is 13.0. The Hall–Kier alpha value is -2.70. The van der Waals surface area contributed by atoms with E-state index in [1.165, 1.54) is 43.5 Å². The topological polar surface area (TPSA) is 58.6 Å². The first-order valence-corrected chi connectivity index (χ1v) is 6.63. The number of aromatic carboxylic acids is 1. The Kier molecular flexibility index (Phi) is 4.78. The van der Waals surface area contributed by atoms with Crippen molar-refractivity contribution in [3.63, 3.8) is 0 Å². The highest BCUT2D eigenvalue weighted by Gasteiger charge is 2.32. The van der Waals surface area contributed by atoms with E-state index in [1.54, 1.807) is 0 Å². The number of carboxylic acids is 1. The number of benzene rings is 2. The third-order valence-electron chi connectivity index (χ3n) is 3.24. The van der Waals surface area contributed by atoms with Crippen molar-refractivity contribution in [1.29, 1.82) is 0 Å². The summed E-state index contributed by atoms with van der Waals surface area (Å²) in [5.74, 6) is -0.786. The molecule has 23 heavy (non-hydrogen) atoms. The van der Waals surface area contributed by atoms with Crippen molar-refractivity contribution >= 4 is 11.7 Å². The maximum atomic E-state index is 13.0. The van der Waals surface area contributed by atoms with Gasteiger partial charge in [0.15, 0.2) is 0 Å². The van der Waals surface area contributed by atoms with E-state index >= 15 is 0 Å². The van der Waals surface area contributed by atoms with Crippen LogP contribution in [0.3, 0.4) is 0 Å². The normalized spacial score (nSPS) is 11.1. The van der Waals surface area contributed by atoms with Crippen molar-refractivity contribution in [2.75, 3.05) is 12.4 Å². The molecule has 0 saturated carbocycles. The van der Waals surface area contributed by atoms with Crippen LogP contribution in [-0.4, -0.2) is 18.2 Å². The second kappa shape index (κ2) is 6.60. The zero-order chi connectivity index (χ0) is 17.0. The highest BCUT2D eigenvalue weighted by molar-refractivity contribution is 5.89. The standard InChI is InChI=1S/C16H14F3NO3/c1-23-14-7-6-10(15(21)22)8-13(14)20-9-11-4-2-3-5-12(11)16(17,18)19/h2-8,20H,9H2,1H3,(H,21,22). The summed E-state index contributed by atoms with van der Waals surface area (Å²) in [6.45, 7) is -0.116. The second-order valence-corrected chi connectivity index (χ2v) is 4.73. The number of nitrogens with one attached hydrogen (secondary N) is 1. The van der Waals surface area contributed by atoms with Crippen molar-refractivity contribution in [3.05, 3.63) is 59.2 Å². The Morgan fingerprint density at radius 3 is 2.52 bits per heavy atom. The highest BCUT2D eigenvalue weighted by atomic mass is 19.4. The number of anilines is 1. The molecule has 0 bridgehead atoms. The smallest absolute Gasteiger partial charge is 0.416 e. The Morgan fingerprint density at radius 2 is 1.91 bits per heavy atom. The Bertz CT molecular complexity index is 714. The fourth-order valence-corrected chi connectivity index (χ4v) is 2.12. The summed E-state index contributed by atoms with van der Waals surface area (Å²) in [4.78, 5) is 11.0. The van der Waals surface area contributed by atoms with E-state index in [0.717, 1.165) is 6.07 Å². The molecule has 0 spiro atoms. The first-order chi connectivity index (χ1) is 10.8. The summed E-state index contributed by atoms with van der Waals surface area (Å²) in [7, 11) is 1.39. The molecule has 0 atom stereocenters. The fourth-order valence-electron chi connectivity index (χ4n) is 2.12. The summed E-state index contributed by atoms with van der Waals surface area (Å²) < 4.78 is 44.0. The zero-order valence-electron chi connectivity index (χ0n) is 12.1. The van der Waals surface area contributed by atoms with Crippen LogP contribution < -0.4 is 10.1 Å². The third kappa shape index (κ3) is 3.94. The molecule has 0 saturated heterocycles. The Morgan fingerprint density at radius 1 is 1.22 bits per heavy atom. The lowest BCUT2D eigenvalue weighted by Crippen LogP contribution is -2.12. The average molecular weight is 325 g/mol. The van der Waals surface area contributed by atoms with Crippen LogP contribution in [0.1, 0.15) is 21.5 Å². The molecule has 0 unspecified atom stereocenters. The molecule has 7 heteroatoms. The molecule has 0 aliphatic rings. The van der Waals surface area contributed by atoms with Gasteiger partial charge in [-0.05, 0) is 29.8 Å². The molecular formula is C16H14F3NO3. The van der Waals surface area contributed by atoms with Crippen LogP contribution in [0.5, 0.6) is 5.75 Å². The van der Waals surface area contributed by atoms with Gasteiger partial charge in [0.05, 0.1) is 23.9 Å². The molecule has 4 nitrogen and oxygen atoms in total. The predicted octanol–water partition coefficient (Wildman–Crippen LogP) is 4.02. The van der Waals surface area contributed by atoms with Gasteiger partial charge in [-0.25, -0.2) is 4.79 Å². The molecule has 0 aliphatic carbocycles. The average Bonchev–Trinajstić information content (AvgIpc) is 2.51. The Balaban J connectivity index is 2.28. The van der Waals surface area contributed by atoms with Crippen molar-refractivity contribution in [1.82, 2.24) is 0 Å². The zero-order valence-corrected chi connectivity index (χ0v) is 12.1. The molecule has 0 heterocycles. The number of ether oxygens (including phenoxy) is 1. The molecule has 0 radical (unpaired) electrons. The maximum Gasteiger partial charge on any atom is 0.416 e. The van der Waals surface area contributed by atoms with Crippen LogP contribution in [0, 0.1) is 0 Å². The summed E-state index contributed by atoms with van der Waals surface area (Å²) in [6.07, 6.45) is -4.45. The lowest BCUT2D eigenvalue weighted by molar-refractivity contribution is -0.138. The van der Waals surface area contributed by atoms with E-state index in [1.807, 2.05) is 0 Å². The highest BCUT2D eigenvalue weighted by Crippen LogP contribution is 2.33. The van der Waals surface area contributed by atoms with E-state index in [2.05, 4.69) is 5.32 Å². The van der Waals surface area contributed by atoms with E-state index in [-0.39, 0.29) is 17.7 Å². The van der Waals surface area contributed by atoms with Gasteiger partial charge < -0.3 is 15.2 Å². The Labute approximate surface area is 130 Å². The van der Waals surface area contributed by atoms with E-state index < -0.39 is 17.7 Å². The molecular weight excluding hydrogens is 311 g/mol. The van der Waals surface area contributed by atoms with Gasteiger partial charge in [-0.2, -0.15) is 13.2 Å².